The fraction of sp³-hybridized carbons (Fsp3) is 0.381. The van der Waals surface area contributed by atoms with Gasteiger partial charge < -0.3 is 10.1 Å². The number of rotatable bonds is 8. The average molecular weight is 325 g/mol. The Kier molecular flexibility index (Phi) is 6.86. The number of aryl methyl sites for hydroxylation is 1. The summed E-state index contributed by atoms with van der Waals surface area (Å²) in [6.07, 6.45) is 2.20. The zero-order valence-corrected chi connectivity index (χ0v) is 14.8. The van der Waals surface area contributed by atoms with Crippen molar-refractivity contribution in [2.75, 3.05) is 7.11 Å². The number of methoxy groups -OCH3 is 1. The zero-order chi connectivity index (χ0) is 17.4. The lowest BCUT2D eigenvalue weighted by Gasteiger charge is -2.21. The van der Waals surface area contributed by atoms with E-state index in [1.165, 1.54) is 5.56 Å². The fourth-order valence-electron chi connectivity index (χ4n) is 2.76. The van der Waals surface area contributed by atoms with E-state index in [1.807, 2.05) is 42.5 Å². The molecule has 0 saturated heterocycles. The van der Waals surface area contributed by atoms with E-state index in [-0.39, 0.29) is 11.9 Å². The normalized spacial score (nSPS) is 12.0. The first-order chi connectivity index (χ1) is 11.6. The molecule has 128 valence electrons. The molecule has 1 amide bonds. The van der Waals surface area contributed by atoms with E-state index < -0.39 is 0 Å². The van der Waals surface area contributed by atoms with Crippen molar-refractivity contribution in [3.05, 3.63) is 65.7 Å². The van der Waals surface area contributed by atoms with Crippen molar-refractivity contribution in [2.45, 2.75) is 39.2 Å². The molecule has 2 rings (SSSR count). The molecular weight excluding hydrogens is 298 g/mol. The van der Waals surface area contributed by atoms with Gasteiger partial charge in [0.2, 0.25) is 5.91 Å². The fourth-order valence-corrected chi connectivity index (χ4v) is 2.76. The Morgan fingerprint density at radius 1 is 1.04 bits per heavy atom. The predicted molar refractivity (Wildman–Crippen MR) is 98.1 cm³/mol. The third-order valence-corrected chi connectivity index (χ3v) is 4.04. The van der Waals surface area contributed by atoms with Gasteiger partial charge in [0.05, 0.1) is 13.2 Å². The Morgan fingerprint density at radius 3 is 2.29 bits per heavy atom. The summed E-state index contributed by atoms with van der Waals surface area (Å²) in [5, 5.41) is 3.19. The van der Waals surface area contributed by atoms with Crippen molar-refractivity contribution in [1.82, 2.24) is 5.32 Å². The van der Waals surface area contributed by atoms with E-state index in [4.69, 9.17) is 4.74 Å². The molecule has 3 nitrogen and oxygen atoms in total. The van der Waals surface area contributed by atoms with Crippen molar-refractivity contribution in [1.29, 1.82) is 0 Å². The number of ether oxygens (including phenoxy) is 1. The van der Waals surface area contributed by atoms with E-state index in [9.17, 15) is 4.79 Å². The second-order valence-corrected chi connectivity index (χ2v) is 6.51. The highest BCUT2D eigenvalue weighted by atomic mass is 16.5. The molecule has 0 aliphatic rings. The summed E-state index contributed by atoms with van der Waals surface area (Å²) >= 11 is 0. The van der Waals surface area contributed by atoms with Crippen LogP contribution in [0.2, 0.25) is 0 Å². The summed E-state index contributed by atoms with van der Waals surface area (Å²) < 4.78 is 5.21. The van der Waals surface area contributed by atoms with Crippen LogP contribution in [0.15, 0.2) is 54.6 Å². The molecule has 2 aromatic carbocycles. The second-order valence-electron chi connectivity index (χ2n) is 6.51. The van der Waals surface area contributed by atoms with E-state index in [0.717, 1.165) is 24.2 Å². The predicted octanol–water partition coefficient (Wildman–Crippen LogP) is 4.53. The molecule has 1 N–H and O–H groups in total. The number of carbonyl (C=O) groups excluding carboxylic acids is 1. The number of amides is 1. The van der Waals surface area contributed by atoms with E-state index in [2.05, 4.69) is 31.3 Å². The van der Waals surface area contributed by atoms with Crippen LogP contribution in [0.3, 0.4) is 0 Å². The standard InChI is InChI=1S/C21H27NO2/c1-16(2)15-20(18-10-12-19(24-3)13-11-18)22-21(23)14-9-17-7-5-4-6-8-17/h4-8,10-13,16,20H,9,14-15H2,1-3H3,(H,22,23)/t20-/m0/s1. The van der Waals surface area contributed by atoms with E-state index >= 15 is 0 Å². The second kappa shape index (κ2) is 9.11. The van der Waals surface area contributed by atoms with Crippen LogP contribution in [0.1, 0.15) is 43.9 Å². The summed E-state index contributed by atoms with van der Waals surface area (Å²) in [5.74, 6) is 1.43. The number of hydrogen-bond acceptors (Lipinski definition) is 2. The minimum absolute atomic E-state index is 0.0409. The Hall–Kier alpha value is -2.29. The quantitative estimate of drug-likeness (QED) is 0.774. The minimum Gasteiger partial charge on any atom is -0.497 e. The van der Waals surface area contributed by atoms with Crippen molar-refractivity contribution < 1.29 is 9.53 Å². The first-order valence-corrected chi connectivity index (χ1v) is 8.55. The first-order valence-electron chi connectivity index (χ1n) is 8.55. The maximum atomic E-state index is 12.4. The zero-order valence-electron chi connectivity index (χ0n) is 14.8. The van der Waals surface area contributed by atoms with Crippen molar-refractivity contribution in [3.63, 3.8) is 0 Å². The molecule has 2 aromatic rings. The van der Waals surface area contributed by atoms with Gasteiger partial charge in [0, 0.05) is 6.42 Å². The Labute approximate surface area is 145 Å². The van der Waals surface area contributed by atoms with Gasteiger partial charge in [0.25, 0.3) is 0 Å². The van der Waals surface area contributed by atoms with Crippen LogP contribution >= 0.6 is 0 Å². The number of carbonyl (C=O) groups is 1. The number of nitrogens with one attached hydrogen (secondary N) is 1. The molecule has 1 atom stereocenters. The number of benzene rings is 2. The smallest absolute Gasteiger partial charge is 0.220 e. The molecule has 0 bridgehead atoms. The van der Waals surface area contributed by atoms with Crippen LogP contribution in [0.5, 0.6) is 5.75 Å². The lowest BCUT2D eigenvalue weighted by molar-refractivity contribution is -0.121. The van der Waals surface area contributed by atoms with Gasteiger partial charge in [0.15, 0.2) is 0 Å². The van der Waals surface area contributed by atoms with Crippen LogP contribution in [0, 0.1) is 5.92 Å². The summed E-state index contributed by atoms with van der Waals surface area (Å²) in [6, 6.07) is 18.1. The van der Waals surface area contributed by atoms with Gasteiger partial charge in [-0.05, 0) is 42.0 Å². The van der Waals surface area contributed by atoms with Gasteiger partial charge in [-0.15, -0.1) is 0 Å². The Bertz CT molecular complexity index is 620. The molecular formula is C21H27NO2. The van der Waals surface area contributed by atoms with Gasteiger partial charge in [-0.2, -0.15) is 0 Å². The maximum Gasteiger partial charge on any atom is 0.220 e. The van der Waals surface area contributed by atoms with Gasteiger partial charge in [-0.25, -0.2) is 0 Å². The highest BCUT2D eigenvalue weighted by Gasteiger charge is 2.16. The van der Waals surface area contributed by atoms with Gasteiger partial charge >= 0.3 is 0 Å². The van der Waals surface area contributed by atoms with E-state index in [1.54, 1.807) is 7.11 Å². The van der Waals surface area contributed by atoms with Crippen LogP contribution in [-0.4, -0.2) is 13.0 Å². The third kappa shape index (κ3) is 5.73. The van der Waals surface area contributed by atoms with Crippen LogP contribution in [0.25, 0.3) is 0 Å². The molecule has 0 spiro atoms. The summed E-state index contributed by atoms with van der Waals surface area (Å²) in [4.78, 5) is 12.4. The van der Waals surface area contributed by atoms with Gasteiger partial charge in [0.1, 0.15) is 5.75 Å². The highest BCUT2D eigenvalue weighted by Crippen LogP contribution is 2.23. The van der Waals surface area contributed by atoms with Crippen LogP contribution in [0.4, 0.5) is 0 Å². The molecule has 0 aliphatic heterocycles. The first kappa shape index (κ1) is 18.1. The summed E-state index contributed by atoms with van der Waals surface area (Å²) in [5.41, 5.74) is 2.31. The molecule has 0 fully saturated rings. The molecule has 3 heteroatoms. The Balaban J connectivity index is 1.97. The SMILES string of the molecule is COc1ccc([C@H](CC(C)C)NC(=O)CCc2ccccc2)cc1. The van der Waals surface area contributed by atoms with Gasteiger partial charge in [-0.3, -0.25) is 4.79 Å². The van der Waals surface area contributed by atoms with Crippen LogP contribution < -0.4 is 10.1 Å². The molecule has 0 aromatic heterocycles. The average Bonchev–Trinajstić information content (AvgIpc) is 2.60. The molecule has 0 saturated carbocycles. The largest absolute Gasteiger partial charge is 0.497 e. The molecule has 0 radical (unpaired) electrons. The molecule has 24 heavy (non-hydrogen) atoms. The third-order valence-electron chi connectivity index (χ3n) is 4.04. The number of hydrogen-bond donors (Lipinski definition) is 1. The molecule has 0 aliphatic carbocycles. The molecule has 0 heterocycles. The molecule has 0 unspecified atom stereocenters. The van der Waals surface area contributed by atoms with E-state index in [0.29, 0.717) is 12.3 Å². The highest BCUT2D eigenvalue weighted by molar-refractivity contribution is 5.76. The minimum atomic E-state index is 0.0409. The topological polar surface area (TPSA) is 38.3 Å². The van der Waals surface area contributed by atoms with Crippen molar-refractivity contribution in [3.8, 4) is 5.75 Å². The van der Waals surface area contributed by atoms with Crippen LogP contribution in [-0.2, 0) is 11.2 Å². The Morgan fingerprint density at radius 2 is 1.71 bits per heavy atom. The summed E-state index contributed by atoms with van der Waals surface area (Å²) in [6.45, 7) is 4.35. The monoisotopic (exact) mass is 325 g/mol. The maximum absolute atomic E-state index is 12.4. The summed E-state index contributed by atoms with van der Waals surface area (Å²) in [7, 11) is 1.66. The van der Waals surface area contributed by atoms with Crippen molar-refractivity contribution in [2.24, 2.45) is 5.92 Å². The lowest BCUT2D eigenvalue weighted by Crippen LogP contribution is -2.29. The van der Waals surface area contributed by atoms with Gasteiger partial charge in [-0.1, -0.05) is 56.3 Å². The lowest BCUT2D eigenvalue weighted by atomic mass is 9.96. The van der Waals surface area contributed by atoms with Crippen molar-refractivity contribution >= 4 is 5.91 Å².